The molecule has 0 saturated carbocycles. The van der Waals surface area contributed by atoms with Gasteiger partial charge in [0.05, 0.1) is 0 Å². The Labute approximate surface area is 176 Å². The minimum absolute atomic E-state index is 0. The quantitative estimate of drug-likeness (QED) is 0.273. The van der Waals surface area contributed by atoms with E-state index < -0.39 is 5.97 Å². The van der Waals surface area contributed by atoms with Crippen LogP contribution in [0.25, 0.3) is 0 Å². The zero-order chi connectivity index (χ0) is 16.3. The maximum absolute atomic E-state index is 10.3. The third-order valence-corrected chi connectivity index (χ3v) is 3.22. The fourth-order valence-corrected chi connectivity index (χ4v) is 1.93. The van der Waals surface area contributed by atoms with Crippen LogP contribution in [0, 0.1) is 0 Å². The Morgan fingerprint density at radius 3 is 1.58 bits per heavy atom. The molecule has 24 heavy (non-hydrogen) atoms. The molecule has 0 aromatic rings. The summed E-state index contributed by atoms with van der Waals surface area (Å²) < 4.78 is 0. The van der Waals surface area contributed by atoms with Gasteiger partial charge in [0.15, 0.2) is 0 Å². The van der Waals surface area contributed by atoms with Crippen LogP contribution in [0.5, 0.6) is 0 Å². The molecule has 0 radical (unpaired) electrons. The Morgan fingerprint density at radius 2 is 1.17 bits per heavy atom. The summed E-state index contributed by atoms with van der Waals surface area (Å²) in [6.07, 6.45) is 27.3. The number of allylic oxidation sites excluding steroid dienone is 8. The fourth-order valence-electron chi connectivity index (χ4n) is 1.93. The summed E-state index contributed by atoms with van der Waals surface area (Å²) in [5.74, 6) is -0.712. The molecule has 0 amide bonds. The summed E-state index contributed by atoms with van der Waals surface area (Å²) in [6, 6.07) is 0. The monoisotopic (exact) mass is 362 g/mol. The number of carboxylic acids is 1. The standard InChI is InChI=1S/C20H32O2.ClH.Na/c1-2-3-4-5-6-7-8-9-10-11-12-13-14-15-16-17-18-19-20(21)22;;/h6-7,9-10,12-13,15-16H,2-5,8,11,14,17-19H2,1H3,(H,21,22);1H;/q;;+1/p-1. The van der Waals surface area contributed by atoms with Crippen molar-refractivity contribution in [3.63, 3.8) is 0 Å². The van der Waals surface area contributed by atoms with E-state index in [1.165, 1.54) is 25.7 Å². The van der Waals surface area contributed by atoms with Gasteiger partial charge >= 0.3 is 35.5 Å². The molecule has 0 aromatic heterocycles. The molecular formula is C20H32ClNaO2. The van der Waals surface area contributed by atoms with Gasteiger partial charge < -0.3 is 17.5 Å². The first-order valence-corrected chi connectivity index (χ1v) is 8.59. The van der Waals surface area contributed by atoms with Crippen molar-refractivity contribution in [1.82, 2.24) is 0 Å². The van der Waals surface area contributed by atoms with Crippen molar-refractivity contribution in [3.8, 4) is 0 Å². The summed E-state index contributed by atoms with van der Waals surface area (Å²) in [5.41, 5.74) is 0. The van der Waals surface area contributed by atoms with Crippen molar-refractivity contribution < 1.29 is 51.9 Å². The third kappa shape index (κ3) is 26.6. The van der Waals surface area contributed by atoms with E-state index >= 15 is 0 Å². The summed E-state index contributed by atoms with van der Waals surface area (Å²) in [7, 11) is 0. The number of unbranched alkanes of at least 4 members (excludes halogenated alkanes) is 4. The Kier molecular flexibility index (Phi) is 29.7. The molecule has 0 spiro atoms. The van der Waals surface area contributed by atoms with Gasteiger partial charge in [-0.25, -0.2) is 0 Å². The van der Waals surface area contributed by atoms with Crippen molar-refractivity contribution in [3.05, 3.63) is 48.6 Å². The number of halogens is 1. The second-order valence-electron chi connectivity index (χ2n) is 5.37. The molecule has 1 N–H and O–H groups in total. The van der Waals surface area contributed by atoms with Gasteiger partial charge in [0.25, 0.3) is 0 Å². The molecular weight excluding hydrogens is 331 g/mol. The van der Waals surface area contributed by atoms with Gasteiger partial charge in [0, 0.05) is 6.42 Å². The van der Waals surface area contributed by atoms with Crippen LogP contribution in [0.1, 0.15) is 71.1 Å². The van der Waals surface area contributed by atoms with Crippen LogP contribution in [0.15, 0.2) is 48.6 Å². The van der Waals surface area contributed by atoms with E-state index in [1.807, 2.05) is 0 Å². The SMILES string of the molecule is CCCCCC=CCC=CCC=CCC=CCCCC(=O)O.[Cl-].[Na+]. The topological polar surface area (TPSA) is 37.3 Å². The smallest absolute Gasteiger partial charge is 1.00 e. The van der Waals surface area contributed by atoms with E-state index in [0.29, 0.717) is 0 Å². The number of carbonyl (C=O) groups is 1. The zero-order valence-corrected chi connectivity index (χ0v) is 18.2. The largest absolute Gasteiger partial charge is 1.00 e. The van der Waals surface area contributed by atoms with Crippen LogP contribution in [0.4, 0.5) is 0 Å². The van der Waals surface area contributed by atoms with Crippen LogP contribution in [0.2, 0.25) is 0 Å². The first-order chi connectivity index (χ1) is 10.8. The molecule has 0 fully saturated rings. The molecule has 0 heterocycles. The van der Waals surface area contributed by atoms with Crippen molar-refractivity contribution >= 4 is 5.97 Å². The van der Waals surface area contributed by atoms with E-state index in [-0.39, 0.29) is 48.4 Å². The number of rotatable bonds is 14. The Hall–Kier alpha value is -0.280. The van der Waals surface area contributed by atoms with Crippen LogP contribution in [-0.2, 0) is 4.79 Å². The zero-order valence-electron chi connectivity index (χ0n) is 15.4. The second-order valence-corrected chi connectivity index (χ2v) is 5.37. The Bertz CT molecular complexity index is 374. The van der Waals surface area contributed by atoms with Gasteiger partial charge in [-0.1, -0.05) is 68.4 Å². The first kappa shape index (κ1) is 28.5. The molecule has 0 atom stereocenters. The number of hydrogen-bond donors (Lipinski definition) is 1. The maximum atomic E-state index is 10.3. The molecule has 0 aliphatic heterocycles. The molecule has 0 aliphatic carbocycles. The normalized spacial score (nSPS) is 11.4. The second kappa shape index (κ2) is 25.0. The van der Waals surface area contributed by atoms with Gasteiger partial charge in [0.1, 0.15) is 0 Å². The molecule has 4 heteroatoms. The average molecular weight is 363 g/mol. The van der Waals surface area contributed by atoms with Gasteiger partial charge in [-0.05, 0) is 44.9 Å². The molecule has 0 bridgehead atoms. The van der Waals surface area contributed by atoms with E-state index in [0.717, 1.165) is 32.1 Å². The number of hydrogen-bond acceptors (Lipinski definition) is 1. The average Bonchev–Trinajstić information content (AvgIpc) is 2.50. The van der Waals surface area contributed by atoms with Gasteiger partial charge in [-0.3, -0.25) is 4.79 Å². The summed E-state index contributed by atoms with van der Waals surface area (Å²) >= 11 is 0. The molecule has 0 unspecified atom stereocenters. The van der Waals surface area contributed by atoms with E-state index in [9.17, 15) is 4.79 Å². The van der Waals surface area contributed by atoms with Crippen molar-refractivity contribution in [2.75, 3.05) is 0 Å². The molecule has 0 rings (SSSR count). The van der Waals surface area contributed by atoms with Crippen LogP contribution < -0.4 is 42.0 Å². The van der Waals surface area contributed by atoms with Crippen LogP contribution in [0.3, 0.4) is 0 Å². The minimum atomic E-state index is -0.712. The van der Waals surface area contributed by atoms with E-state index in [2.05, 4.69) is 55.5 Å². The summed E-state index contributed by atoms with van der Waals surface area (Å²) in [6.45, 7) is 2.23. The third-order valence-electron chi connectivity index (χ3n) is 3.22. The minimum Gasteiger partial charge on any atom is -1.00 e. The van der Waals surface area contributed by atoms with Crippen LogP contribution >= 0.6 is 0 Å². The summed E-state index contributed by atoms with van der Waals surface area (Å²) in [5, 5.41) is 8.49. The molecule has 132 valence electrons. The molecule has 0 aliphatic rings. The van der Waals surface area contributed by atoms with Crippen molar-refractivity contribution in [2.45, 2.75) is 71.1 Å². The first-order valence-electron chi connectivity index (χ1n) is 8.59. The van der Waals surface area contributed by atoms with Crippen molar-refractivity contribution in [1.29, 1.82) is 0 Å². The van der Waals surface area contributed by atoms with Crippen LogP contribution in [-0.4, -0.2) is 11.1 Å². The predicted octanol–water partition coefficient (Wildman–Crippen LogP) is 0.225. The van der Waals surface area contributed by atoms with E-state index in [1.54, 1.807) is 0 Å². The number of aliphatic carboxylic acids is 1. The molecule has 0 aromatic carbocycles. The molecule has 0 saturated heterocycles. The van der Waals surface area contributed by atoms with E-state index in [4.69, 9.17) is 5.11 Å². The number of carboxylic acid groups (broad SMARTS) is 1. The predicted molar refractivity (Wildman–Crippen MR) is 96.0 cm³/mol. The maximum Gasteiger partial charge on any atom is 1.00 e. The van der Waals surface area contributed by atoms with Gasteiger partial charge in [-0.15, -0.1) is 0 Å². The molecule has 2 nitrogen and oxygen atoms in total. The Balaban J connectivity index is -0.00000220. The summed E-state index contributed by atoms with van der Waals surface area (Å²) in [4.78, 5) is 10.3. The van der Waals surface area contributed by atoms with Crippen molar-refractivity contribution in [2.24, 2.45) is 0 Å². The Morgan fingerprint density at radius 1 is 0.750 bits per heavy atom. The van der Waals surface area contributed by atoms with Gasteiger partial charge in [0.2, 0.25) is 0 Å². The van der Waals surface area contributed by atoms with Gasteiger partial charge in [-0.2, -0.15) is 0 Å². The fraction of sp³-hybridized carbons (Fsp3) is 0.550.